The van der Waals surface area contributed by atoms with Crippen molar-refractivity contribution in [1.29, 1.82) is 0 Å². The normalized spacial score (nSPS) is 19.5. The van der Waals surface area contributed by atoms with Crippen LogP contribution >= 0.6 is 0 Å². The Hall–Kier alpha value is -1.02. The molecule has 1 aromatic rings. The van der Waals surface area contributed by atoms with E-state index in [9.17, 15) is 0 Å². The molecule has 0 spiro atoms. The minimum absolute atomic E-state index is 0.989. The second-order valence-corrected chi connectivity index (χ2v) is 3.85. The number of hydrogen-bond donors (Lipinski definition) is 1. The van der Waals surface area contributed by atoms with Gasteiger partial charge < -0.3 is 5.32 Å². The first-order valence-corrected chi connectivity index (χ1v) is 4.37. The summed E-state index contributed by atoms with van der Waals surface area (Å²) in [5.74, 6) is 0. The van der Waals surface area contributed by atoms with Crippen LogP contribution in [0.15, 0.2) is 24.3 Å². The fraction of sp³-hybridized carbons (Fsp3) is 0.400. The largest absolute Gasteiger partial charge is 0.375 e. The van der Waals surface area contributed by atoms with Crippen LogP contribution in [-0.4, -0.2) is 27.2 Å². The Morgan fingerprint density at radius 3 is 2.75 bits per heavy atom. The SMILES string of the molecule is C[N+]1(C)CCNc2ccccc21. The zero-order chi connectivity index (χ0) is 8.60. The van der Waals surface area contributed by atoms with E-state index in [4.69, 9.17) is 0 Å². The number of fused-ring (bicyclic) bond motifs is 1. The molecule has 0 saturated carbocycles. The molecule has 0 fully saturated rings. The van der Waals surface area contributed by atoms with E-state index in [0.717, 1.165) is 17.6 Å². The van der Waals surface area contributed by atoms with Gasteiger partial charge in [-0.2, -0.15) is 0 Å². The van der Waals surface area contributed by atoms with Crippen LogP contribution in [0.25, 0.3) is 0 Å². The van der Waals surface area contributed by atoms with Crippen molar-refractivity contribution in [1.82, 2.24) is 4.48 Å². The average Bonchev–Trinajstić information content (AvgIpc) is 2.04. The van der Waals surface area contributed by atoms with Gasteiger partial charge in [0.05, 0.1) is 26.3 Å². The van der Waals surface area contributed by atoms with E-state index in [-0.39, 0.29) is 0 Å². The lowest BCUT2D eigenvalue weighted by atomic mass is 10.2. The molecule has 1 heterocycles. The van der Waals surface area contributed by atoms with Crippen LogP contribution in [0, 0.1) is 0 Å². The summed E-state index contributed by atoms with van der Waals surface area (Å²) in [5.41, 5.74) is 2.68. The third-order valence-corrected chi connectivity index (χ3v) is 2.54. The Balaban J connectivity index is 2.52. The minimum Gasteiger partial charge on any atom is -0.375 e. The standard InChI is InChI=1S/C10H15N2/c1-12(2)8-7-11-9-5-3-4-6-10(9)12/h3-6,11H,7-8H2,1-2H3/q+1. The number of nitrogens with one attached hydrogen (secondary N) is 1. The molecular weight excluding hydrogens is 148 g/mol. The van der Waals surface area contributed by atoms with E-state index >= 15 is 0 Å². The average molecular weight is 163 g/mol. The zero-order valence-electron chi connectivity index (χ0n) is 7.67. The maximum atomic E-state index is 3.40. The summed E-state index contributed by atoms with van der Waals surface area (Å²) in [6.45, 7) is 2.24. The van der Waals surface area contributed by atoms with Crippen molar-refractivity contribution < 1.29 is 0 Å². The molecule has 1 aliphatic rings. The van der Waals surface area contributed by atoms with Crippen LogP contribution in [0.4, 0.5) is 11.4 Å². The monoisotopic (exact) mass is 163 g/mol. The van der Waals surface area contributed by atoms with Gasteiger partial charge in [0, 0.05) is 6.07 Å². The van der Waals surface area contributed by atoms with Crippen molar-refractivity contribution >= 4 is 11.4 Å². The third kappa shape index (κ3) is 1.08. The Morgan fingerprint density at radius 2 is 2.00 bits per heavy atom. The van der Waals surface area contributed by atoms with Crippen molar-refractivity contribution in [3.05, 3.63) is 24.3 Å². The summed E-state index contributed by atoms with van der Waals surface area (Å²) in [6, 6.07) is 8.53. The number of para-hydroxylation sites is 2. The fourth-order valence-corrected chi connectivity index (χ4v) is 1.74. The maximum Gasteiger partial charge on any atom is 0.155 e. The molecule has 0 aliphatic carbocycles. The number of nitrogens with zero attached hydrogens (tertiary/aromatic N) is 1. The first-order chi connectivity index (χ1) is 5.70. The smallest absolute Gasteiger partial charge is 0.155 e. The van der Waals surface area contributed by atoms with Gasteiger partial charge in [-0.3, -0.25) is 4.48 Å². The Bertz CT molecular complexity index is 292. The first-order valence-electron chi connectivity index (χ1n) is 4.37. The molecule has 12 heavy (non-hydrogen) atoms. The predicted octanol–water partition coefficient (Wildman–Crippen LogP) is 1.68. The number of likely N-dealkylation sites (N-methyl/N-ethyl adjacent to an activating group) is 1. The van der Waals surface area contributed by atoms with Crippen molar-refractivity contribution in [3.8, 4) is 0 Å². The third-order valence-electron chi connectivity index (χ3n) is 2.54. The molecule has 2 nitrogen and oxygen atoms in total. The molecule has 0 atom stereocenters. The van der Waals surface area contributed by atoms with Gasteiger partial charge in [0.1, 0.15) is 6.54 Å². The molecule has 1 aliphatic heterocycles. The number of anilines is 1. The number of hydrogen-bond acceptors (Lipinski definition) is 1. The zero-order valence-corrected chi connectivity index (χ0v) is 7.67. The summed E-state index contributed by atoms with van der Waals surface area (Å²) >= 11 is 0. The summed E-state index contributed by atoms with van der Waals surface area (Å²) < 4.78 is 0.989. The van der Waals surface area contributed by atoms with Crippen molar-refractivity contribution in [2.24, 2.45) is 0 Å². The van der Waals surface area contributed by atoms with E-state index in [1.165, 1.54) is 11.4 Å². The van der Waals surface area contributed by atoms with Crippen LogP contribution in [0.1, 0.15) is 0 Å². The van der Waals surface area contributed by atoms with Gasteiger partial charge in [-0.05, 0) is 6.07 Å². The van der Waals surface area contributed by atoms with Gasteiger partial charge in [0.2, 0.25) is 0 Å². The highest BCUT2D eigenvalue weighted by Crippen LogP contribution is 2.31. The van der Waals surface area contributed by atoms with E-state index in [2.05, 4.69) is 43.7 Å². The van der Waals surface area contributed by atoms with E-state index in [1.54, 1.807) is 0 Å². The van der Waals surface area contributed by atoms with Gasteiger partial charge >= 0.3 is 0 Å². The van der Waals surface area contributed by atoms with Gasteiger partial charge in [-0.25, -0.2) is 0 Å². The molecule has 0 bridgehead atoms. The molecule has 0 amide bonds. The Morgan fingerprint density at radius 1 is 1.25 bits per heavy atom. The molecule has 2 rings (SSSR count). The lowest BCUT2D eigenvalue weighted by molar-refractivity contribution is 0.404. The van der Waals surface area contributed by atoms with E-state index < -0.39 is 0 Å². The molecule has 2 heteroatoms. The lowest BCUT2D eigenvalue weighted by Crippen LogP contribution is -2.47. The lowest BCUT2D eigenvalue weighted by Gasteiger charge is -2.35. The maximum absolute atomic E-state index is 3.40. The van der Waals surface area contributed by atoms with Crippen LogP contribution in [0.5, 0.6) is 0 Å². The molecule has 1 aromatic carbocycles. The van der Waals surface area contributed by atoms with E-state index in [0.29, 0.717) is 0 Å². The topological polar surface area (TPSA) is 12.0 Å². The highest BCUT2D eigenvalue weighted by Gasteiger charge is 2.25. The summed E-state index contributed by atoms with van der Waals surface area (Å²) in [6.07, 6.45) is 0. The molecule has 0 aromatic heterocycles. The number of rotatable bonds is 0. The summed E-state index contributed by atoms with van der Waals surface area (Å²) in [7, 11) is 4.50. The summed E-state index contributed by atoms with van der Waals surface area (Å²) in [4.78, 5) is 0. The fourth-order valence-electron chi connectivity index (χ4n) is 1.74. The summed E-state index contributed by atoms with van der Waals surface area (Å²) in [5, 5.41) is 3.40. The van der Waals surface area contributed by atoms with Gasteiger partial charge in [-0.1, -0.05) is 12.1 Å². The second kappa shape index (κ2) is 2.49. The minimum atomic E-state index is 0.989. The van der Waals surface area contributed by atoms with Crippen LogP contribution < -0.4 is 9.80 Å². The van der Waals surface area contributed by atoms with Crippen molar-refractivity contribution in [2.45, 2.75) is 0 Å². The van der Waals surface area contributed by atoms with Gasteiger partial charge in [-0.15, -0.1) is 0 Å². The van der Waals surface area contributed by atoms with Crippen LogP contribution in [0.2, 0.25) is 0 Å². The molecule has 1 N–H and O–H groups in total. The number of benzene rings is 1. The molecule has 0 radical (unpaired) electrons. The molecular formula is C10H15N2+. The molecule has 64 valence electrons. The molecule has 0 unspecified atom stereocenters. The quantitative estimate of drug-likeness (QED) is 0.574. The molecule has 0 saturated heterocycles. The highest BCUT2D eigenvalue weighted by atomic mass is 15.3. The Kier molecular flexibility index (Phi) is 1.58. The van der Waals surface area contributed by atoms with E-state index in [1.807, 2.05) is 0 Å². The van der Waals surface area contributed by atoms with Crippen LogP contribution in [0.3, 0.4) is 0 Å². The highest BCUT2D eigenvalue weighted by molar-refractivity contribution is 5.69. The second-order valence-electron chi connectivity index (χ2n) is 3.85. The van der Waals surface area contributed by atoms with Crippen molar-refractivity contribution in [3.63, 3.8) is 0 Å². The van der Waals surface area contributed by atoms with Gasteiger partial charge in [0.25, 0.3) is 0 Å². The van der Waals surface area contributed by atoms with Crippen molar-refractivity contribution in [2.75, 3.05) is 32.5 Å². The first kappa shape index (κ1) is 7.62. The number of quaternary nitrogens is 1. The predicted molar refractivity (Wildman–Crippen MR) is 53.4 cm³/mol. The Labute approximate surface area is 73.4 Å². The van der Waals surface area contributed by atoms with Gasteiger partial charge in [0.15, 0.2) is 5.69 Å². The van der Waals surface area contributed by atoms with Crippen LogP contribution in [-0.2, 0) is 0 Å².